The maximum absolute atomic E-state index is 12.8. The zero-order valence-corrected chi connectivity index (χ0v) is 15.6. The molecule has 128 valence electrons. The highest BCUT2D eigenvalue weighted by molar-refractivity contribution is 7.12. The Bertz CT molecular complexity index is 682. The van der Waals surface area contributed by atoms with Gasteiger partial charge in [0.2, 0.25) is 5.91 Å². The average Bonchev–Trinajstić information content (AvgIpc) is 3.22. The fraction of sp³-hybridized carbons (Fsp3) is 0.450. The summed E-state index contributed by atoms with van der Waals surface area (Å²) in [5.74, 6) is 0.200. The average molecular weight is 343 g/mol. The highest BCUT2D eigenvalue weighted by atomic mass is 32.1. The van der Waals surface area contributed by atoms with Gasteiger partial charge in [-0.3, -0.25) is 9.69 Å². The molecule has 1 aromatic carbocycles. The van der Waals surface area contributed by atoms with Gasteiger partial charge in [-0.15, -0.1) is 11.3 Å². The summed E-state index contributed by atoms with van der Waals surface area (Å²) in [6.45, 7) is 5.77. The van der Waals surface area contributed by atoms with Crippen LogP contribution in [0.1, 0.15) is 47.2 Å². The predicted molar refractivity (Wildman–Crippen MR) is 100 cm³/mol. The minimum atomic E-state index is 0.101. The molecule has 0 bridgehead atoms. The van der Waals surface area contributed by atoms with Crippen LogP contribution in [0, 0.1) is 6.92 Å². The van der Waals surface area contributed by atoms with Gasteiger partial charge in [-0.2, -0.15) is 0 Å². The topological polar surface area (TPSA) is 23.6 Å². The second-order valence-corrected chi connectivity index (χ2v) is 7.99. The molecule has 0 aliphatic carbocycles. The number of thiophene rings is 1. The van der Waals surface area contributed by atoms with E-state index < -0.39 is 0 Å². The molecule has 1 aromatic heterocycles. The molecule has 0 spiro atoms. The first-order chi connectivity index (χ1) is 11.6. The first-order valence-electron chi connectivity index (χ1n) is 8.67. The molecule has 2 unspecified atom stereocenters. The number of benzene rings is 1. The van der Waals surface area contributed by atoms with Crippen LogP contribution in [0.25, 0.3) is 0 Å². The Morgan fingerprint density at radius 2 is 2.04 bits per heavy atom. The largest absolute Gasteiger partial charge is 0.338 e. The van der Waals surface area contributed by atoms with E-state index in [1.165, 1.54) is 21.7 Å². The summed E-state index contributed by atoms with van der Waals surface area (Å²) in [6.07, 6.45) is 2.33. The number of carbonyl (C=O) groups is 1. The summed E-state index contributed by atoms with van der Waals surface area (Å²) in [6, 6.07) is 15.2. The Morgan fingerprint density at radius 3 is 2.71 bits per heavy atom. The van der Waals surface area contributed by atoms with Gasteiger partial charge >= 0.3 is 0 Å². The van der Waals surface area contributed by atoms with Crippen molar-refractivity contribution in [3.63, 3.8) is 0 Å². The molecule has 0 saturated carbocycles. The molecule has 2 aromatic rings. The van der Waals surface area contributed by atoms with Gasteiger partial charge in [0.25, 0.3) is 0 Å². The van der Waals surface area contributed by atoms with Crippen LogP contribution in [-0.4, -0.2) is 35.8 Å². The lowest BCUT2D eigenvalue weighted by Crippen LogP contribution is -2.39. The quantitative estimate of drug-likeness (QED) is 0.803. The standard InChI is InChI=1S/C20H26N2OS/c1-15-11-12-19(24-15)18-10-7-13-22(18)14-20(23)21(3)16(2)17-8-5-4-6-9-17/h4-6,8-9,11-12,16,18H,7,10,13-14H2,1-3H3. The lowest BCUT2D eigenvalue weighted by atomic mass is 10.1. The number of amides is 1. The first kappa shape index (κ1) is 17.2. The number of likely N-dealkylation sites (tertiary alicyclic amines) is 1. The van der Waals surface area contributed by atoms with Crippen molar-refractivity contribution in [3.05, 3.63) is 57.8 Å². The van der Waals surface area contributed by atoms with E-state index in [9.17, 15) is 4.79 Å². The van der Waals surface area contributed by atoms with Crippen molar-refractivity contribution >= 4 is 17.2 Å². The number of hydrogen-bond acceptors (Lipinski definition) is 3. The third kappa shape index (κ3) is 3.70. The molecule has 0 radical (unpaired) electrons. The summed E-state index contributed by atoms with van der Waals surface area (Å²) in [5.41, 5.74) is 1.18. The van der Waals surface area contributed by atoms with Gasteiger partial charge in [0.05, 0.1) is 12.6 Å². The Balaban J connectivity index is 1.65. The zero-order valence-electron chi connectivity index (χ0n) is 14.7. The second kappa shape index (κ2) is 7.49. The molecule has 1 aliphatic rings. The summed E-state index contributed by atoms with van der Waals surface area (Å²) < 4.78 is 0. The lowest BCUT2D eigenvalue weighted by Gasteiger charge is -2.29. The van der Waals surface area contributed by atoms with E-state index in [-0.39, 0.29) is 11.9 Å². The molecule has 2 heterocycles. The van der Waals surface area contributed by atoms with Gasteiger partial charge in [-0.05, 0) is 50.9 Å². The van der Waals surface area contributed by atoms with Crippen molar-refractivity contribution in [3.8, 4) is 0 Å². The zero-order chi connectivity index (χ0) is 17.1. The summed E-state index contributed by atoms with van der Waals surface area (Å²) >= 11 is 1.86. The fourth-order valence-electron chi connectivity index (χ4n) is 3.43. The van der Waals surface area contributed by atoms with E-state index >= 15 is 0 Å². The van der Waals surface area contributed by atoms with Gasteiger partial charge in [0.15, 0.2) is 0 Å². The SMILES string of the molecule is Cc1ccc(C2CCCN2CC(=O)N(C)C(C)c2ccccc2)s1. The third-order valence-corrected chi connectivity index (χ3v) is 6.15. The Morgan fingerprint density at radius 1 is 1.29 bits per heavy atom. The highest BCUT2D eigenvalue weighted by Crippen LogP contribution is 2.35. The molecule has 1 aliphatic heterocycles. The lowest BCUT2D eigenvalue weighted by molar-refractivity contribution is -0.133. The number of carbonyl (C=O) groups excluding carboxylic acids is 1. The highest BCUT2D eigenvalue weighted by Gasteiger charge is 2.30. The molecule has 3 rings (SSSR count). The van der Waals surface area contributed by atoms with Crippen LogP contribution in [0.2, 0.25) is 0 Å². The molecule has 0 N–H and O–H groups in total. The molecule has 1 saturated heterocycles. The van der Waals surface area contributed by atoms with Crippen molar-refractivity contribution < 1.29 is 4.79 Å². The van der Waals surface area contributed by atoms with Crippen molar-refractivity contribution in [1.82, 2.24) is 9.80 Å². The predicted octanol–water partition coefficient (Wildman–Crippen LogP) is 4.41. The summed E-state index contributed by atoms with van der Waals surface area (Å²) in [4.78, 5) is 19.8. The molecule has 2 atom stereocenters. The van der Waals surface area contributed by atoms with Crippen LogP contribution in [0.4, 0.5) is 0 Å². The molecular weight excluding hydrogens is 316 g/mol. The van der Waals surface area contributed by atoms with E-state index in [0.717, 1.165) is 13.0 Å². The maximum atomic E-state index is 12.8. The van der Waals surface area contributed by atoms with Gasteiger partial charge in [0, 0.05) is 22.8 Å². The minimum absolute atomic E-state index is 0.101. The van der Waals surface area contributed by atoms with E-state index in [2.05, 4.69) is 43.0 Å². The maximum Gasteiger partial charge on any atom is 0.237 e. The van der Waals surface area contributed by atoms with E-state index in [1.54, 1.807) is 0 Å². The summed E-state index contributed by atoms with van der Waals surface area (Å²) in [5, 5.41) is 0. The van der Waals surface area contributed by atoms with Crippen LogP contribution in [0.3, 0.4) is 0 Å². The van der Waals surface area contributed by atoms with Crippen molar-refractivity contribution in [2.75, 3.05) is 20.1 Å². The Hall–Kier alpha value is -1.65. The van der Waals surface area contributed by atoms with Crippen LogP contribution < -0.4 is 0 Å². The molecular formula is C20H26N2OS. The van der Waals surface area contributed by atoms with Gasteiger partial charge in [0.1, 0.15) is 0 Å². The monoisotopic (exact) mass is 342 g/mol. The number of hydrogen-bond donors (Lipinski definition) is 0. The third-order valence-electron chi connectivity index (χ3n) is 5.05. The van der Waals surface area contributed by atoms with Gasteiger partial charge < -0.3 is 4.90 Å². The molecule has 3 nitrogen and oxygen atoms in total. The number of rotatable bonds is 5. The molecule has 1 amide bonds. The van der Waals surface area contributed by atoms with E-state index in [0.29, 0.717) is 12.6 Å². The van der Waals surface area contributed by atoms with Crippen molar-refractivity contribution in [2.45, 2.75) is 38.8 Å². The van der Waals surface area contributed by atoms with E-state index in [1.807, 2.05) is 41.5 Å². The fourth-order valence-corrected chi connectivity index (χ4v) is 4.47. The van der Waals surface area contributed by atoms with Gasteiger partial charge in [-0.1, -0.05) is 30.3 Å². The first-order valence-corrected chi connectivity index (χ1v) is 9.49. The molecule has 1 fully saturated rings. The second-order valence-electron chi connectivity index (χ2n) is 6.67. The summed E-state index contributed by atoms with van der Waals surface area (Å²) in [7, 11) is 1.92. The molecule has 4 heteroatoms. The van der Waals surface area contributed by atoms with Gasteiger partial charge in [-0.25, -0.2) is 0 Å². The Kier molecular flexibility index (Phi) is 5.36. The number of aryl methyl sites for hydroxylation is 1. The van der Waals surface area contributed by atoms with Crippen molar-refractivity contribution in [2.24, 2.45) is 0 Å². The minimum Gasteiger partial charge on any atom is -0.338 e. The smallest absolute Gasteiger partial charge is 0.237 e. The van der Waals surface area contributed by atoms with Crippen molar-refractivity contribution in [1.29, 1.82) is 0 Å². The van der Waals surface area contributed by atoms with Crippen LogP contribution in [0.15, 0.2) is 42.5 Å². The van der Waals surface area contributed by atoms with Crippen LogP contribution >= 0.6 is 11.3 Å². The van der Waals surface area contributed by atoms with E-state index in [4.69, 9.17) is 0 Å². The molecule has 24 heavy (non-hydrogen) atoms. The normalized spacial score (nSPS) is 19.4. The number of nitrogens with zero attached hydrogens (tertiary/aromatic N) is 2. The Labute approximate surface area is 148 Å². The van der Waals surface area contributed by atoms with Crippen LogP contribution in [0.5, 0.6) is 0 Å². The van der Waals surface area contributed by atoms with Crippen LogP contribution in [-0.2, 0) is 4.79 Å². The number of likely N-dealkylation sites (N-methyl/N-ethyl adjacent to an activating group) is 1.